The Hall–Kier alpha value is -2.62. The molecule has 1 aromatic carbocycles. The van der Waals surface area contributed by atoms with Gasteiger partial charge in [0.05, 0.1) is 11.8 Å². The van der Waals surface area contributed by atoms with Gasteiger partial charge in [0, 0.05) is 26.2 Å². The molecule has 0 aliphatic carbocycles. The van der Waals surface area contributed by atoms with Crippen molar-refractivity contribution in [3.8, 4) is 6.07 Å². The standard InChI is InChI=1S/C14H15FN4O2/c15-11-3-1-2-4-12(11)18-7-9-19(10-8-18)14(21)13(20)17-6-5-16/h1-4H,6-10H2,(H,17,20). The van der Waals surface area contributed by atoms with Crippen LogP contribution in [0.25, 0.3) is 0 Å². The van der Waals surface area contributed by atoms with Crippen LogP contribution in [-0.2, 0) is 9.59 Å². The Labute approximate surface area is 121 Å². The van der Waals surface area contributed by atoms with Crippen molar-refractivity contribution < 1.29 is 14.0 Å². The lowest BCUT2D eigenvalue weighted by molar-refractivity contribution is -0.145. The van der Waals surface area contributed by atoms with E-state index in [0.717, 1.165) is 0 Å². The molecule has 0 saturated carbocycles. The van der Waals surface area contributed by atoms with Gasteiger partial charge in [-0.1, -0.05) is 12.1 Å². The summed E-state index contributed by atoms with van der Waals surface area (Å²) >= 11 is 0. The number of carbonyl (C=O) groups is 2. The molecule has 0 atom stereocenters. The topological polar surface area (TPSA) is 76.4 Å². The van der Waals surface area contributed by atoms with Crippen LogP contribution in [0, 0.1) is 17.1 Å². The van der Waals surface area contributed by atoms with Gasteiger partial charge in [-0.05, 0) is 12.1 Å². The van der Waals surface area contributed by atoms with E-state index in [0.29, 0.717) is 31.9 Å². The lowest BCUT2D eigenvalue weighted by atomic mass is 10.2. The fourth-order valence-corrected chi connectivity index (χ4v) is 2.20. The number of piperazine rings is 1. The van der Waals surface area contributed by atoms with Gasteiger partial charge in [0.25, 0.3) is 0 Å². The number of nitrogens with one attached hydrogen (secondary N) is 1. The van der Waals surface area contributed by atoms with Gasteiger partial charge >= 0.3 is 11.8 Å². The zero-order valence-corrected chi connectivity index (χ0v) is 11.4. The molecule has 2 rings (SSSR count). The molecule has 6 nitrogen and oxygen atoms in total. The molecule has 1 heterocycles. The Morgan fingerprint density at radius 1 is 1.24 bits per heavy atom. The fourth-order valence-electron chi connectivity index (χ4n) is 2.20. The predicted octanol–water partition coefficient (Wildman–Crippen LogP) is 0.114. The molecular formula is C14H15FN4O2. The number of anilines is 1. The van der Waals surface area contributed by atoms with E-state index < -0.39 is 11.8 Å². The van der Waals surface area contributed by atoms with E-state index in [4.69, 9.17) is 5.26 Å². The highest BCUT2D eigenvalue weighted by Crippen LogP contribution is 2.20. The Balaban J connectivity index is 1.92. The second-order valence-electron chi connectivity index (χ2n) is 4.57. The maximum Gasteiger partial charge on any atom is 0.312 e. The van der Waals surface area contributed by atoms with Crippen molar-refractivity contribution in [2.45, 2.75) is 0 Å². The summed E-state index contributed by atoms with van der Waals surface area (Å²) in [5, 5.41) is 10.6. The van der Waals surface area contributed by atoms with Gasteiger partial charge in [-0.3, -0.25) is 9.59 Å². The molecule has 1 N–H and O–H groups in total. The lowest BCUT2D eigenvalue weighted by Crippen LogP contribution is -2.52. The summed E-state index contributed by atoms with van der Waals surface area (Å²) in [5.41, 5.74) is 0.499. The SMILES string of the molecule is N#CCNC(=O)C(=O)N1CCN(c2ccccc2F)CC1. The van der Waals surface area contributed by atoms with Gasteiger partial charge < -0.3 is 15.1 Å². The average molecular weight is 290 g/mol. The van der Waals surface area contributed by atoms with Crippen molar-refractivity contribution in [2.24, 2.45) is 0 Å². The number of hydrogen-bond acceptors (Lipinski definition) is 4. The van der Waals surface area contributed by atoms with Crippen LogP contribution in [0.5, 0.6) is 0 Å². The third-order valence-electron chi connectivity index (χ3n) is 3.28. The summed E-state index contributed by atoms with van der Waals surface area (Å²) in [4.78, 5) is 26.6. The molecular weight excluding hydrogens is 275 g/mol. The number of amides is 2. The fraction of sp³-hybridized carbons (Fsp3) is 0.357. The molecule has 21 heavy (non-hydrogen) atoms. The first kappa shape index (κ1) is 14.8. The summed E-state index contributed by atoms with van der Waals surface area (Å²) in [6, 6.07) is 8.20. The van der Waals surface area contributed by atoms with Crippen LogP contribution in [0.4, 0.5) is 10.1 Å². The molecule has 0 unspecified atom stereocenters. The molecule has 0 aromatic heterocycles. The van der Waals surface area contributed by atoms with Gasteiger partial charge in [-0.2, -0.15) is 5.26 Å². The third-order valence-corrected chi connectivity index (χ3v) is 3.28. The lowest BCUT2D eigenvalue weighted by Gasteiger charge is -2.35. The van der Waals surface area contributed by atoms with Gasteiger partial charge in [0.2, 0.25) is 0 Å². The first-order chi connectivity index (χ1) is 10.1. The van der Waals surface area contributed by atoms with Gasteiger partial charge in [-0.15, -0.1) is 0 Å². The quantitative estimate of drug-likeness (QED) is 0.620. The Kier molecular flexibility index (Phi) is 4.72. The smallest absolute Gasteiger partial charge is 0.312 e. The number of rotatable bonds is 2. The largest absolute Gasteiger partial charge is 0.366 e. The first-order valence-corrected chi connectivity index (χ1v) is 6.57. The van der Waals surface area contributed by atoms with E-state index in [2.05, 4.69) is 5.32 Å². The molecule has 1 aromatic rings. The van der Waals surface area contributed by atoms with E-state index in [-0.39, 0.29) is 12.4 Å². The van der Waals surface area contributed by atoms with Crippen molar-refractivity contribution >= 4 is 17.5 Å². The highest BCUT2D eigenvalue weighted by Gasteiger charge is 2.26. The Morgan fingerprint density at radius 3 is 2.52 bits per heavy atom. The van der Waals surface area contributed by atoms with Crippen LogP contribution < -0.4 is 10.2 Å². The molecule has 1 aliphatic heterocycles. The summed E-state index contributed by atoms with van der Waals surface area (Å²) in [5.74, 6) is -1.74. The van der Waals surface area contributed by atoms with E-state index >= 15 is 0 Å². The summed E-state index contributed by atoms with van der Waals surface area (Å²) < 4.78 is 13.7. The zero-order chi connectivity index (χ0) is 15.2. The molecule has 2 amide bonds. The van der Waals surface area contributed by atoms with Crippen LogP contribution in [0.1, 0.15) is 0 Å². The van der Waals surface area contributed by atoms with Crippen LogP contribution in [0.15, 0.2) is 24.3 Å². The number of nitrogens with zero attached hydrogens (tertiary/aromatic N) is 3. The number of benzene rings is 1. The van der Waals surface area contributed by atoms with Crippen molar-refractivity contribution in [3.05, 3.63) is 30.1 Å². The summed E-state index contributed by atoms with van der Waals surface area (Å²) in [6.45, 7) is 1.40. The number of hydrogen-bond donors (Lipinski definition) is 1. The van der Waals surface area contributed by atoms with Gasteiger partial charge in [-0.25, -0.2) is 4.39 Å². The first-order valence-electron chi connectivity index (χ1n) is 6.57. The Bertz CT molecular complexity index is 577. The highest BCUT2D eigenvalue weighted by molar-refractivity contribution is 6.35. The van der Waals surface area contributed by atoms with E-state index in [1.807, 2.05) is 4.90 Å². The van der Waals surface area contributed by atoms with Crippen molar-refractivity contribution in [3.63, 3.8) is 0 Å². The van der Waals surface area contributed by atoms with Crippen LogP contribution in [-0.4, -0.2) is 49.4 Å². The van der Waals surface area contributed by atoms with Crippen LogP contribution >= 0.6 is 0 Å². The van der Waals surface area contributed by atoms with E-state index in [9.17, 15) is 14.0 Å². The second kappa shape index (κ2) is 6.70. The molecule has 0 spiro atoms. The maximum atomic E-state index is 13.7. The molecule has 110 valence electrons. The van der Waals surface area contributed by atoms with Gasteiger partial charge in [0.1, 0.15) is 12.4 Å². The number of carbonyl (C=O) groups excluding carboxylic acids is 2. The van der Waals surface area contributed by atoms with Crippen molar-refractivity contribution in [1.29, 1.82) is 5.26 Å². The molecule has 1 aliphatic rings. The normalized spacial score (nSPS) is 14.5. The Morgan fingerprint density at radius 2 is 1.90 bits per heavy atom. The highest BCUT2D eigenvalue weighted by atomic mass is 19.1. The number of para-hydroxylation sites is 1. The maximum absolute atomic E-state index is 13.7. The van der Waals surface area contributed by atoms with Crippen LogP contribution in [0.2, 0.25) is 0 Å². The predicted molar refractivity (Wildman–Crippen MR) is 73.8 cm³/mol. The minimum Gasteiger partial charge on any atom is -0.366 e. The minimum atomic E-state index is -0.782. The summed E-state index contributed by atoms with van der Waals surface area (Å²) in [6.07, 6.45) is 0. The average Bonchev–Trinajstić information content (AvgIpc) is 2.52. The molecule has 1 saturated heterocycles. The van der Waals surface area contributed by atoms with Crippen molar-refractivity contribution in [1.82, 2.24) is 10.2 Å². The molecule has 0 bridgehead atoms. The zero-order valence-electron chi connectivity index (χ0n) is 11.4. The summed E-state index contributed by atoms with van der Waals surface area (Å²) in [7, 11) is 0. The van der Waals surface area contributed by atoms with Crippen LogP contribution in [0.3, 0.4) is 0 Å². The minimum absolute atomic E-state index is 0.195. The molecule has 0 radical (unpaired) electrons. The second-order valence-corrected chi connectivity index (χ2v) is 4.57. The number of nitriles is 1. The monoisotopic (exact) mass is 290 g/mol. The molecule has 1 fully saturated rings. The molecule has 7 heteroatoms. The third kappa shape index (κ3) is 3.48. The van der Waals surface area contributed by atoms with Crippen molar-refractivity contribution in [2.75, 3.05) is 37.6 Å². The van der Waals surface area contributed by atoms with E-state index in [1.54, 1.807) is 24.3 Å². The van der Waals surface area contributed by atoms with Gasteiger partial charge in [0.15, 0.2) is 0 Å². The van der Waals surface area contributed by atoms with E-state index in [1.165, 1.54) is 11.0 Å². The number of halogens is 1.